The molecule has 0 radical (unpaired) electrons. The van der Waals surface area contributed by atoms with Gasteiger partial charge in [0.1, 0.15) is 6.54 Å². The molecule has 0 saturated carbocycles. The number of para-hydroxylation sites is 2. The Morgan fingerprint density at radius 1 is 0.963 bits per heavy atom. The number of benzene rings is 2. The van der Waals surface area contributed by atoms with Gasteiger partial charge < -0.3 is 15.2 Å². The first-order valence-electron chi connectivity index (χ1n) is 8.82. The lowest BCUT2D eigenvalue weighted by molar-refractivity contribution is -0.121. The van der Waals surface area contributed by atoms with Crippen LogP contribution in [0.15, 0.2) is 72.1 Å². The van der Waals surface area contributed by atoms with Crippen LogP contribution in [0.1, 0.15) is 10.4 Å². The zero-order chi connectivity index (χ0) is 18.5. The lowest BCUT2D eigenvalue weighted by Gasteiger charge is -2.11. The van der Waals surface area contributed by atoms with Crippen LogP contribution in [-0.2, 0) is 24.4 Å². The zero-order valence-electron chi connectivity index (χ0n) is 14.8. The molecule has 4 rings (SSSR count). The smallest absolute Gasteiger partial charge is 0.240 e. The number of thiophene rings is 1. The number of nitrogens with one attached hydrogen (secondary N) is 2. The maximum Gasteiger partial charge on any atom is 0.240 e. The minimum absolute atomic E-state index is 0.0330. The van der Waals surface area contributed by atoms with Gasteiger partial charge in [-0.3, -0.25) is 4.79 Å². The molecule has 0 atom stereocenters. The Kier molecular flexibility index (Phi) is 5.16. The van der Waals surface area contributed by atoms with Gasteiger partial charge in [0.2, 0.25) is 11.9 Å². The van der Waals surface area contributed by atoms with Gasteiger partial charge in [0.05, 0.1) is 17.6 Å². The van der Waals surface area contributed by atoms with Crippen molar-refractivity contribution in [3.8, 4) is 0 Å². The predicted octanol–water partition coefficient (Wildman–Crippen LogP) is 4.03. The van der Waals surface area contributed by atoms with Crippen LogP contribution in [0.3, 0.4) is 0 Å². The standard InChI is InChI=1S/C21H20N4OS/c26-20(22-14-17-9-6-12-27-17)15-25-19-11-5-4-10-18(19)24-21(25)23-13-16-7-2-1-3-8-16/h1-12H,13-15H2,(H,22,26)(H,23,24). The van der Waals surface area contributed by atoms with E-state index in [-0.39, 0.29) is 12.5 Å². The summed E-state index contributed by atoms with van der Waals surface area (Å²) in [5, 5.41) is 8.36. The number of rotatable bonds is 7. The molecule has 0 aliphatic heterocycles. The van der Waals surface area contributed by atoms with Gasteiger partial charge in [0.25, 0.3) is 0 Å². The summed E-state index contributed by atoms with van der Waals surface area (Å²) in [6, 6.07) is 22.0. The first-order chi connectivity index (χ1) is 13.3. The lowest BCUT2D eigenvalue weighted by Crippen LogP contribution is -2.27. The average molecular weight is 376 g/mol. The highest BCUT2D eigenvalue weighted by Gasteiger charge is 2.13. The van der Waals surface area contributed by atoms with E-state index < -0.39 is 0 Å². The van der Waals surface area contributed by atoms with Gasteiger partial charge in [-0.15, -0.1) is 11.3 Å². The molecule has 0 fully saturated rings. The van der Waals surface area contributed by atoms with Crippen LogP contribution in [-0.4, -0.2) is 15.5 Å². The number of imidazole rings is 1. The van der Waals surface area contributed by atoms with E-state index in [0.29, 0.717) is 19.0 Å². The molecule has 0 saturated heterocycles. The summed E-state index contributed by atoms with van der Waals surface area (Å²) in [6.07, 6.45) is 0. The van der Waals surface area contributed by atoms with E-state index in [1.807, 2.05) is 64.5 Å². The van der Waals surface area contributed by atoms with Crippen LogP contribution in [0, 0.1) is 0 Å². The fourth-order valence-corrected chi connectivity index (χ4v) is 3.59. The third-order valence-corrected chi connectivity index (χ3v) is 5.17. The molecule has 0 aliphatic carbocycles. The number of aromatic nitrogens is 2. The Bertz CT molecular complexity index is 1020. The molecule has 1 amide bonds. The Balaban J connectivity index is 1.51. The molecule has 2 aromatic heterocycles. The summed E-state index contributed by atoms with van der Waals surface area (Å²) in [5.74, 6) is 0.667. The van der Waals surface area contributed by atoms with Crippen molar-refractivity contribution in [2.75, 3.05) is 5.32 Å². The second-order valence-electron chi connectivity index (χ2n) is 6.21. The largest absolute Gasteiger partial charge is 0.352 e. The van der Waals surface area contributed by atoms with E-state index in [2.05, 4.69) is 27.8 Å². The Morgan fingerprint density at radius 3 is 2.59 bits per heavy atom. The minimum Gasteiger partial charge on any atom is -0.352 e. The molecule has 0 unspecified atom stereocenters. The van der Waals surface area contributed by atoms with Crippen LogP contribution in [0.4, 0.5) is 5.95 Å². The van der Waals surface area contributed by atoms with E-state index in [4.69, 9.17) is 0 Å². The summed E-state index contributed by atoms with van der Waals surface area (Å²) < 4.78 is 1.93. The number of hydrogen-bond acceptors (Lipinski definition) is 4. The summed E-state index contributed by atoms with van der Waals surface area (Å²) in [4.78, 5) is 18.3. The SMILES string of the molecule is O=C(Cn1c(NCc2ccccc2)nc2ccccc21)NCc1cccs1. The van der Waals surface area contributed by atoms with Gasteiger partial charge in [0, 0.05) is 11.4 Å². The highest BCUT2D eigenvalue weighted by molar-refractivity contribution is 7.09. The van der Waals surface area contributed by atoms with Gasteiger partial charge in [-0.25, -0.2) is 4.98 Å². The number of amides is 1. The van der Waals surface area contributed by atoms with E-state index in [1.165, 1.54) is 5.56 Å². The monoisotopic (exact) mass is 376 g/mol. The highest BCUT2D eigenvalue weighted by atomic mass is 32.1. The fourth-order valence-electron chi connectivity index (χ4n) is 2.95. The van der Waals surface area contributed by atoms with Crippen LogP contribution in [0.25, 0.3) is 11.0 Å². The Hall–Kier alpha value is -3.12. The predicted molar refractivity (Wildman–Crippen MR) is 110 cm³/mol. The maximum atomic E-state index is 12.5. The van der Waals surface area contributed by atoms with Crippen molar-refractivity contribution in [3.05, 3.63) is 82.6 Å². The Labute approximate surface area is 161 Å². The lowest BCUT2D eigenvalue weighted by atomic mass is 10.2. The molecular formula is C21H20N4OS. The maximum absolute atomic E-state index is 12.5. The molecule has 6 heteroatoms. The van der Waals surface area contributed by atoms with Crippen molar-refractivity contribution in [3.63, 3.8) is 0 Å². The summed E-state index contributed by atoms with van der Waals surface area (Å²) >= 11 is 1.64. The first kappa shape index (κ1) is 17.3. The molecule has 2 heterocycles. The third-order valence-electron chi connectivity index (χ3n) is 4.29. The second kappa shape index (κ2) is 8.05. The molecular weight excluding hydrogens is 356 g/mol. The second-order valence-corrected chi connectivity index (χ2v) is 7.24. The number of anilines is 1. The van der Waals surface area contributed by atoms with Gasteiger partial charge in [-0.05, 0) is 29.1 Å². The topological polar surface area (TPSA) is 59.0 Å². The molecule has 0 spiro atoms. The third kappa shape index (κ3) is 4.17. The Morgan fingerprint density at radius 2 is 1.78 bits per heavy atom. The van der Waals surface area contributed by atoms with Crippen molar-refractivity contribution < 1.29 is 4.79 Å². The first-order valence-corrected chi connectivity index (χ1v) is 9.70. The highest BCUT2D eigenvalue weighted by Crippen LogP contribution is 2.20. The number of hydrogen-bond donors (Lipinski definition) is 2. The number of fused-ring (bicyclic) bond motifs is 1. The van der Waals surface area contributed by atoms with Crippen molar-refractivity contribution in [1.29, 1.82) is 0 Å². The van der Waals surface area contributed by atoms with Crippen LogP contribution in [0.2, 0.25) is 0 Å². The molecule has 2 aromatic carbocycles. The molecule has 4 aromatic rings. The van der Waals surface area contributed by atoms with Crippen LogP contribution < -0.4 is 10.6 Å². The summed E-state index contributed by atoms with van der Waals surface area (Å²) in [5.41, 5.74) is 2.98. The van der Waals surface area contributed by atoms with Gasteiger partial charge >= 0.3 is 0 Å². The van der Waals surface area contributed by atoms with Crippen molar-refractivity contribution in [1.82, 2.24) is 14.9 Å². The van der Waals surface area contributed by atoms with Gasteiger partial charge in [0.15, 0.2) is 0 Å². The number of carbonyl (C=O) groups excluding carboxylic acids is 1. The van der Waals surface area contributed by atoms with E-state index in [0.717, 1.165) is 15.9 Å². The van der Waals surface area contributed by atoms with Gasteiger partial charge in [-0.1, -0.05) is 48.5 Å². The minimum atomic E-state index is -0.0330. The average Bonchev–Trinajstić information content (AvgIpc) is 3.34. The van der Waals surface area contributed by atoms with Crippen molar-refractivity contribution >= 4 is 34.2 Å². The normalized spacial score (nSPS) is 10.8. The van der Waals surface area contributed by atoms with E-state index in [1.54, 1.807) is 11.3 Å². The van der Waals surface area contributed by atoms with E-state index in [9.17, 15) is 4.79 Å². The van der Waals surface area contributed by atoms with Crippen LogP contribution >= 0.6 is 11.3 Å². The molecule has 0 bridgehead atoms. The van der Waals surface area contributed by atoms with Crippen LogP contribution in [0.5, 0.6) is 0 Å². The molecule has 0 aliphatic rings. The van der Waals surface area contributed by atoms with Crippen molar-refractivity contribution in [2.45, 2.75) is 19.6 Å². The number of nitrogens with zero attached hydrogens (tertiary/aromatic N) is 2. The van der Waals surface area contributed by atoms with Crippen molar-refractivity contribution in [2.24, 2.45) is 0 Å². The molecule has 136 valence electrons. The quantitative estimate of drug-likeness (QED) is 0.512. The summed E-state index contributed by atoms with van der Waals surface area (Å²) in [7, 11) is 0. The van der Waals surface area contributed by atoms with E-state index >= 15 is 0 Å². The molecule has 27 heavy (non-hydrogen) atoms. The summed E-state index contributed by atoms with van der Waals surface area (Å²) in [6.45, 7) is 1.43. The molecule has 5 nitrogen and oxygen atoms in total. The fraction of sp³-hybridized carbons (Fsp3) is 0.143. The molecule has 2 N–H and O–H groups in total. The van der Waals surface area contributed by atoms with Gasteiger partial charge in [-0.2, -0.15) is 0 Å². The zero-order valence-corrected chi connectivity index (χ0v) is 15.6. The number of carbonyl (C=O) groups is 1.